The summed E-state index contributed by atoms with van der Waals surface area (Å²) in [5.41, 5.74) is 0.548. The van der Waals surface area contributed by atoms with Crippen LogP contribution in [-0.4, -0.2) is 47.2 Å². The van der Waals surface area contributed by atoms with Crippen molar-refractivity contribution in [2.45, 2.75) is 6.04 Å². The maximum absolute atomic E-state index is 13.2. The number of carbonyl (C=O) groups is 1. The van der Waals surface area contributed by atoms with Gasteiger partial charge in [0.15, 0.2) is 11.6 Å². The van der Waals surface area contributed by atoms with Crippen LogP contribution in [0, 0.1) is 11.6 Å². The van der Waals surface area contributed by atoms with Gasteiger partial charge in [0, 0.05) is 25.2 Å². The summed E-state index contributed by atoms with van der Waals surface area (Å²) in [6.07, 6.45) is 1.07. The molecule has 1 fully saturated rings. The van der Waals surface area contributed by atoms with Crippen LogP contribution in [0.2, 0.25) is 0 Å². The van der Waals surface area contributed by atoms with E-state index >= 15 is 0 Å². The lowest BCUT2D eigenvalue weighted by molar-refractivity contribution is 0.0929. The molecule has 0 bridgehead atoms. The highest BCUT2D eigenvalue weighted by molar-refractivity contribution is 5.75. The van der Waals surface area contributed by atoms with E-state index in [1.54, 1.807) is 0 Å². The van der Waals surface area contributed by atoms with Gasteiger partial charge in [-0.25, -0.2) is 18.6 Å². The summed E-state index contributed by atoms with van der Waals surface area (Å²) in [6.45, 7) is 0.980. The van der Waals surface area contributed by atoms with Gasteiger partial charge < -0.3 is 15.0 Å². The van der Waals surface area contributed by atoms with Crippen LogP contribution >= 0.6 is 0 Å². The molecular formula is C13H12F2N4O2. The lowest BCUT2D eigenvalue weighted by atomic mass is 10.1. The molecule has 21 heavy (non-hydrogen) atoms. The normalized spacial score (nSPS) is 14.9. The van der Waals surface area contributed by atoms with Crippen LogP contribution < -0.4 is 5.32 Å². The Morgan fingerprint density at radius 1 is 1.33 bits per heavy atom. The average molecular weight is 294 g/mol. The summed E-state index contributed by atoms with van der Waals surface area (Å²) in [5, 5.41) is 3.07. The number of fused-ring (bicyclic) bond motifs is 1. The molecular weight excluding hydrogens is 282 g/mol. The number of nitrogens with one attached hydrogen (secondary N) is 1. The van der Waals surface area contributed by atoms with Crippen molar-refractivity contribution < 1.29 is 18.3 Å². The molecule has 1 aliphatic rings. The zero-order valence-electron chi connectivity index (χ0n) is 11.1. The van der Waals surface area contributed by atoms with E-state index in [0.717, 1.165) is 12.1 Å². The van der Waals surface area contributed by atoms with E-state index in [0.29, 0.717) is 18.9 Å². The molecule has 0 unspecified atom stereocenters. The van der Waals surface area contributed by atoms with Crippen molar-refractivity contribution >= 4 is 22.9 Å². The Morgan fingerprint density at radius 3 is 2.67 bits per heavy atom. The zero-order valence-corrected chi connectivity index (χ0v) is 11.1. The van der Waals surface area contributed by atoms with Crippen molar-refractivity contribution in [3.63, 3.8) is 0 Å². The largest absolute Gasteiger partial charge is 0.453 e. The van der Waals surface area contributed by atoms with Crippen molar-refractivity contribution in [1.29, 1.82) is 0 Å². The lowest BCUT2D eigenvalue weighted by Crippen LogP contribution is -2.57. The first-order valence-electron chi connectivity index (χ1n) is 6.28. The van der Waals surface area contributed by atoms with Gasteiger partial charge >= 0.3 is 6.09 Å². The average Bonchev–Trinajstić information content (AvgIpc) is 2.43. The van der Waals surface area contributed by atoms with Crippen LogP contribution in [0.1, 0.15) is 0 Å². The maximum atomic E-state index is 13.2. The Kier molecular flexibility index (Phi) is 3.28. The van der Waals surface area contributed by atoms with E-state index in [-0.39, 0.29) is 23.2 Å². The monoisotopic (exact) mass is 294 g/mol. The number of aromatic nitrogens is 2. The van der Waals surface area contributed by atoms with E-state index in [9.17, 15) is 13.6 Å². The Balaban J connectivity index is 1.71. The van der Waals surface area contributed by atoms with Crippen molar-refractivity contribution in [3.8, 4) is 0 Å². The van der Waals surface area contributed by atoms with Gasteiger partial charge in [-0.3, -0.25) is 4.98 Å². The second-order valence-electron chi connectivity index (χ2n) is 4.73. The second kappa shape index (κ2) is 5.12. The molecule has 0 spiro atoms. The van der Waals surface area contributed by atoms with Gasteiger partial charge in [-0.05, 0) is 0 Å². The van der Waals surface area contributed by atoms with Crippen molar-refractivity contribution in [1.82, 2.24) is 14.9 Å². The summed E-state index contributed by atoms with van der Waals surface area (Å²) in [5.74, 6) is -1.47. The first kappa shape index (κ1) is 13.5. The minimum atomic E-state index is -0.963. The number of halogens is 2. The minimum Gasteiger partial charge on any atom is -0.453 e. The van der Waals surface area contributed by atoms with Gasteiger partial charge in [-0.1, -0.05) is 0 Å². The van der Waals surface area contributed by atoms with Crippen LogP contribution in [0.3, 0.4) is 0 Å². The smallest absolute Gasteiger partial charge is 0.409 e. The van der Waals surface area contributed by atoms with Gasteiger partial charge in [0.2, 0.25) is 0 Å². The zero-order chi connectivity index (χ0) is 15.0. The molecule has 2 heterocycles. The third-order valence-electron chi connectivity index (χ3n) is 3.25. The molecule has 1 saturated heterocycles. The SMILES string of the molecule is COC(=O)N1CC(Nc2cnc3cc(F)c(F)cc3n2)C1. The van der Waals surface area contributed by atoms with E-state index in [1.807, 2.05) is 0 Å². The number of hydrogen-bond donors (Lipinski definition) is 1. The molecule has 0 atom stereocenters. The molecule has 1 N–H and O–H groups in total. The molecule has 110 valence electrons. The van der Waals surface area contributed by atoms with Crippen LogP contribution in [0.25, 0.3) is 11.0 Å². The quantitative estimate of drug-likeness (QED) is 0.914. The summed E-state index contributed by atoms with van der Waals surface area (Å²) >= 11 is 0. The fourth-order valence-corrected chi connectivity index (χ4v) is 2.13. The highest BCUT2D eigenvalue weighted by Crippen LogP contribution is 2.19. The summed E-state index contributed by atoms with van der Waals surface area (Å²) in [6, 6.07) is 2.04. The first-order valence-corrected chi connectivity index (χ1v) is 6.28. The number of benzene rings is 1. The Morgan fingerprint density at radius 2 is 2.00 bits per heavy atom. The Bertz CT molecular complexity index is 704. The Hall–Kier alpha value is -2.51. The third-order valence-corrected chi connectivity index (χ3v) is 3.25. The number of amides is 1. The third kappa shape index (κ3) is 2.56. The van der Waals surface area contributed by atoms with Crippen LogP contribution in [-0.2, 0) is 4.74 Å². The summed E-state index contributed by atoms with van der Waals surface area (Å²) < 4.78 is 30.8. The number of methoxy groups -OCH3 is 1. The molecule has 8 heteroatoms. The van der Waals surface area contributed by atoms with Gasteiger partial charge in [0.25, 0.3) is 0 Å². The maximum Gasteiger partial charge on any atom is 0.409 e. The highest BCUT2D eigenvalue weighted by atomic mass is 19.2. The molecule has 0 radical (unpaired) electrons. The number of likely N-dealkylation sites (tertiary alicyclic amines) is 1. The molecule has 0 aliphatic carbocycles. The molecule has 1 aromatic heterocycles. The van der Waals surface area contributed by atoms with E-state index in [2.05, 4.69) is 20.0 Å². The highest BCUT2D eigenvalue weighted by Gasteiger charge is 2.31. The molecule has 1 aromatic carbocycles. The number of rotatable bonds is 2. The fraction of sp³-hybridized carbons (Fsp3) is 0.308. The predicted octanol–water partition coefficient (Wildman–Crippen LogP) is 1.77. The van der Waals surface area contributed by atoms with Crippen LogP contribution in [0.5, 0.6) is 0 Å². The fourth-order valence-electron chi connectivity index (χ4n) is 2.13. The molecule has 0 saturated carbocycles. The number of carbonyl (C=O) groups excluding carboxylic acids is 1. The molecule has 6 nitrogen and oxygen atoms in total. The lowest BCUT2D eigenvalue weighted by Gasteiger charge is -2.38. The predicted molar refractivity (Wildman–Crippen MR) is 70.8 cm³/mol. The Labute approximate surface area is 118 Å². The van der Waals surface area contributed by atoms with Gasteiger partial charge in [-0.15, -0.1) is 0 Å². The van der Waals surface area contributed by atoms with Crippen molar-refractivity contribution in [2.75, 3.05) is 25.5 Å². The van der Waals surface area contributed by atoms with E-state index in [1.165, 1.54) is 18.2 Å². The second-order valence-corrected chi connectivity index (χ2v) is 4.73. The van der Waals surface area contributed by atoms with Crippen LogP contribution in [0.15, 0.2) is 18.3 Å². The molecule has 1 amide bonds. The van der Waals surface area contributed by atoms with Gasteiger partial charge in [0.05, 0.1) is 30.4 Å². The molecule has 3 rings (SSSR count). The number of ether oxygens (including phenoxy) is 1. The van der Waals surface area contributed by atoms with Crippen LogP contribution in [0.4, 0.5) is 19.4 Å². The van der Waals surface area contributed by atoms with Gasteiger partial charge in [-0.2, -0.15) is 0 Å². The number of nitrogens with zero attached hydrogens (tertiary/aromatic N) is 3. The van der Waals surface area contributed by atoms with Crippen molar-refractivity contribution in [3.05, 3.63) is 30.0 Å². The minimum absolute atomic E-state index is 0.0288. The number of hydrogen-bond acceptors (Lipinski definition) is 5. The summed E-state index contributed by atoms with van der Waals surface area (Å²) in [7, 11) is 1.32. The topological polar surface area (TPSA) is 67.3 Å². The number of anilines is 1. The van der Waals surface area contributed by atoms with Gasteiger partial charge in [0.1, 0.15) is 5.82 Å². The van der Waals surface area contributed by atoms with E-state index < -0.39 is 11.6 Å². The van der Waals surface area contributed by atoms with E-state index in [4.69, 9.17) is 0 Å². The molecule has 1 aliphatic heterocycles. The standard InChI is InChI=1S/C13H12F2N4O2/c1-21-13(20)19-5-7(6-19)17-12-4-16-10-2-8(14)9(15)3-11(10)18-12/h2-4,7H,5-6H2,1H3,(H,17,18). The van der Waals surface area contributed by atoms with Crippen molar-refractivity contribution in [2.24, 2.45) is 0 Å². The molecule has 2 aromatic rings. The first-order chi connectivity index (χ1) is 10.1. The summed E-state index contributed by atoms with van der Waals surface area (Å²) in [4.78, 5) is 20.9.